The third-order valence-electron chi connectivity index (χ3n) is 2.89. The highest BCUT2D eigenvalue weighted by Crippen LogP contribution is 2.20. The highest BCUT2D eigenvalue weighted by molar-refractivity contribution is 6.30. The molecular formula is C12H16ClFN2O. The first kappa shape index (κ1) is 13.9. The van der Waals surface area contributed by atoms with Gasteiger partial charge < -0.3 is 11.1 Å². The van der Waals surface area contributed by atoms with Gasteiger partial charge in [-0.1, -0.05) is 25.4 Å². The van der Waals surface area contributed by atoms with E-state index in [0.717, 1.165) is 0 Å². The maximum atomic E-state index is 13.2. The predicted octanol–water partition coefficient (Wildman–Crippen LogP) is 2.94. The molecule has 3 N–H and O–H groups in total. The van der Waals surface area contributed by atoms with E-state index >= 15 is 0 Å². The minimum absolute atomic E-state index is 0.0213. The molecule has 0 fully saturated rings. The molecule has 17 heavy (non-hydrogen) atoms. The van der Waals surface area contributed by atoms with Gasteiger partial charge in [-0.15, -0.1) is 0 Å². The van der Waals surface area contributed by atoms with Crippen molar-refractivity contribution in [2.45, 2.75) is 32.2 Å². The second kappa shape index (κ2) is 5.47. The first-order chi connectivity index (χ1) is 7.92. The summed E-state index contributed by atoms with van der Waals surface area (Å²) in [5, 5.41) is 2.61. The van der Waals surface area contributed by atoms with E-state index in [1.807, 2.05) is 13.8 Å². The molecule has 3 nitrogen and oxygen atoms in total. The molecule has 0 radical (unpaired) electrons. The molecule has 1 aromatic rings. The zero-order valence-corrected chi connectivity index (χ0v) is 10.6. The fourth-order valence-corrected chi connectivity index (χ4v) is 1.52. The summed E-state index contributed by atoms with van der Waals surface area (Å²) in [5.41, 5.74) is 5.36. The van der Waals surface area contributed by atoms with Gasteiger partial charge in [0.05, 0.1) is 10.6 Å². The fraction of sp³-hybridized carbons (Fsp3) is 0.417. The fourth-order valence-electron chi connectivity index (χ4n) is 1.40. The molecule has 0 bridgehead atoms. The molecule has 0 atom stereocenters. The van der Waals surface area contributed by atoms with Gasteiger partial charge in [0.1, 0.15) is 5.82 Å². The number of rotatable bonds is 4. The number of amides is 1. The van der Waals surface area contributed by atoms with E-state index in [1.54, 1.807) is 0 Å². The predicted molar refractivity (Wildman–Crippen MR) is 67.5 cm³/mol. The van der Waals surface area contributed by atoms with Crippen LogP contribution in [0.25, 0.3) is 0 Å². The van der Waals surface area contributed by atoms with Gasteiger partial charge in [-0.2, -0.15) is 0 Å². The average molecular weight is 259 g/mol. The van der Waals surface area contributed by atoms with Gasteiger partial charge in [-0.05, 0) is 31.0 Å². The van der Waals surface area contributed by atoms with Crippen molar-refractivity contribution in [3.05, 3.63) is 29.0 Å². The van der Waals surface area contributed by atoms with Crippen molar-refractivity contribution in [1.82, 2.24) is 0 Å². The number of hydrogen-bond acceptors (Lipinski definition) is 2. The SMILES string of the molecule is CCC(N)(CC)C(=O)Nc1ccc(Cl)c(F)c1. The number of carbonyl (C=O) groups is 1. The van der Waals surface area contributed by atoms with Crippen LogP contribution >= 0.6 is 11.6 Å². The van der Waals surface area contributed by atoms with Crippen LogP contribution in [0.5, 0.6) is 0 Å². The number of nitrogens with two attached hydrogens (primary N) is 1. The summed E-state index contributed by atoms with van der Waals surface area (Å²) in [6, 6.07) is 4.10. The molecule has 0 unspecified atom stereocenters. The van der Waals surface area contributed by atoms with Crippen LogP contribution in [0, 0.1) is 5.82 Å². The summed E-state index contributed by atoms with van der Waals surface area (Å²) in [6.07, 6.45) is 1.04. The van der Waals surface area contributed by atoms with Gasteiger partial charge in [-0.25, -0.2) is 4.39 Å². The lowest BCUT2D eigenvalue weighted by atomic mass is 9.93. The third-order valence-corrected chi connectivity index (χ3v) is 3.20. The van der Waals surface area contributed by atoms with Crippen LogP contribution < -0.4 is 11.1 Å². The van der Waals surface area contributed by atoms with Crippen molar-refractivity contribution < 1.29 is 9.18 Å². The van der Waals surface area contributed by atoms with Crippen LogP contribution in [0.3, 0.4) is 0 Å². The van der Waals surface area contributed by atoms with E-state index in [2.05, 4.69) is 5.32 Å². The summed E-state index contributed by atoms with van der Waals surface area (Å²) in [4.78, 5) is 11.9. The second-order valence-corrected chi connectivity index (χ2v) is 4.35. The molecule has 1 rings (SSSR count). The Labute approximate surface area is 105 Å². The number of hydrogen-bond donors (Lipinski definition) is 2. The van der Waals surface area contributed by atoms with E-state index in [4.69, 9.17) is 17.3 Å². The Morgan fingerprint density at radius 1 is 1.47 bits per heavy atom. The van der Waals surface area contributed by atoms with Crippen molar-refractivity contribution in [3.63, 3.8) is 0 Å². The van der Waals surface area contributed by atoms with E-state index in [1.165, 1.54) is 18.2 Å². The highest BCUT2D eigenvalue weighted by atomic mass is 35.5. The molecule has 0 aliphatic carbocycles. The van der Waals surface area contributed by atoms with Crippen LogP contribution in [0.15, 0.2) is 18.2 Å². The van der Waals surface area contributed by atoms with Gasteiger partial charge in [0.25, 0.3) is 0 Å². The third kappa shape index (κ3) is 3.17. The molecule has 0 aromatic heterocycles. The maximum Gasteiger partial charge on any atom is 0.244 e. The quantitative estimate of drug-likeness (QED) is 0.872. The number of carbonyl (C=O) groups excluding carboxylic acids is 1. The Kier molecular flexibility index (Phi) is 4.48. The van der Waals surface area contributed by atoms with Gasteiger partial charge in [-0.3, -0.25) is 4.79 Å². The van der Waals surface area contributed by atoms with Crippen molar-refractivity contribution in [1.29, 1.82) is 0 Å². The Hall–Kier alpha value is -1.13. The highest BCUT2D eigenvalue weighted by Gasteiger charge is 2.29. The number of anilines is 1. The second-order valence-electron chi connectivity index (χ2n) is 3.95. The molecule has 1 aromatic carbocycles. The molecular weight excluding hydrogens is 243 g/mol. The topological polar surface area (TPSA) is 55.1 Å². The number of benzene rings is 1. The summed E-state index contributed by atoms with van der Waals surface area (Å²) >= 11 is 5.55. The van der Waals surface area contributed by atoms with Crippen LogP contribution in [0.4, 0.5) is 10.1 Å². The lowest BCUT2D eigenvalue weighted by Gasteiger charge is -2.25. The molecule has 5 heteroatoms. The summed E-state index contributed by atoms with van der Waals surface area (Å²) in [6.45, 7) is 3.68. The van der Waals surface area contributed by atoms with Crippen LogP contribution in [-0.2, 0) is 4.79 Å². The van der Waals surface area contributed by atoms with E-state index in [9.17, 15) is 9.18 Å². The standard InChI is InChI=1S/C12H16ClFN2O/c1-3-12(15,4-2)11(17)16-8-5-6-9(13)10(14)7-8/h5-7H,3-4,15H2,1-2H3,(H,16,17). The lowest BCUT2D eigenvalue weighted by Crippen LogP contribution is -2.50. The first-order valence-corrected chi connectivity index (χ1v) is 5.86. The minimum atomic E-state index is -0.921. The van der Waals surface area contributed by atoms with E-state index in [0.29, 0.717) is 18.5 Å². The maximum absolute atomic E-state index is 13.2. The molecule has 1 amide bonds. The van der Waals surface area contributed by atoms with Crippen LogP contribution in [0.1, 0.15) is 26.7 Å². The molecule has 0 spiro atoms. The van der Waals surface area contributed by atoms with Gasteiger partial charge in [0, 0.05) is 5.69 Å². The zero-order valence-electron chi connectivity index (χ0n) is 9.89. The van der Waals surface area contributed by atoms with Gasteiger partial charge in [0.15, 0.2) is 0 Å². The number of halogens is 2. The van der Waals surface area contributed by atoms with Gasteiger partial charge in [0.2, 0.25) is 5.91 Å². The molecule has 0 saturated carbocycles. The molecule has 0 aliphatic heterocycles. The van der Waals surface area contributed by atoms with Crippen LogP contribution in [-0.4, -0.2) is 11.4 Å². The average Bonchev–Trinajstić information content (AvgIpc) is 2.32. The Balaban J connectivity index is 2.84. The monoisotopic (exact) mass is 258 g/mol. The Bertz CT molecular complexity index is 419. The molecule has 0 heterocycles. The molecule has 94 valence electrons. The van der Waals surface area contributed by atoms with Crippen molar-refractivity contribution in [3.8, 4) is 0 Å². The van der Waals surface area contributed by atoms with E-state index in [-0.39, 0.29) is 10.9 Å². The van der Waals surface area contributed by atoms with E-state index < -0.39 is 11.4 Å². The Morgan fingerprint density at radius 3 is 2.53 bits per heavy atom. The zero-order chi connectivity index (χ0) is 13.1. The van der Waals surface area contributed by atoms with Gasteiger partial charge >= 0.3 is 0 Å². The minimum Gasteiger partial charge on any atom is -0.324 e. The Morgan fingerprint density at radius 2 is 2.06 bits per heavy atom. The van der Waals surface area contributed by atoms with Crippen molar-refractivity contribution in [2.75, 3.05) is 5.32 Å². The largest absolute Gasteiger partial charge is 0.324 e. The first-order valence-electron chi connectivity index (χ1n) is 5.48. The smallest absolute Gasteiger partial charge is 0.244 e. The van der Waals surface area contributed by atoms with Crippen molar-refractivity contribution >= 4 is 23.2 Å². The number of nitrogens with one attached hydrogen (secondary N) is 1. The molecule has 0 saturated heterocycles. The summed E-state index contributed by atoms with van der Waals surface area (Å²) in [7, 11) is 0. The normalized spacial score (nSPS) is 11.4. The summed E-state index contributed by atoms with van der Waals surface area (Å²) < 4.78 is 13.2. The van der Waals surface area contributed by atoms with Crippen LogP contribution in [0.2, 0.25) is 5.02 Å². The summed E-state index contributed by atoms with van der Waals surface area (Å²) in [5.74, 6) is -0.885. The van der Waals surface area contributed by atoms with Crippen molar-refractivity contribution in [2.24, 2.45) is 5.73 Å². The molecule has 0 aliphatic rings. The lowest BCUT2D eigenvalue weighted by molar-refractivity contribution is -0.121.